The van der Waals surface area contributed by atoms with Gasteiger partial charge in [0.25, 0.3) is 0 Å². The fraction of sp³-hybridized carbons (Fsp3) is 0.111. The van der Waals surface area contributed by atoms with Gasteiger partial charge in [0.15, 0.2) is 0 Å². The van der Waals surface area contributed by atoms with Crippen LogP contribution in [0.25, 0.3) is 0 Å². The second-order valence-electron chi connectivity index (χ2n) is 2.92. The highest BCUT2D eigenvalue weighted by Crippen LogP contribution is 2.22. The summed E-state index contributed by atoms with van der Waals surface area (Å²) >= 11 is 8.65. The number of halogens is 3. The van der Waals surface area contributed by atoms with E-state index in [1.54, 1.807) is 0 Å². The monoisotopic (exact) mass is 327 g/mol. The van der Waals surface area contributed by atoms with Gasteiger partial charge in [-0.05, 0) is 18.2 Å². The number of benzene rings is 1. The standard InChI is InChI=1S/C9H8BrClFNO2S/c1-6(10)5-13-16(14,15)9-3-2-7(12)4-8(9)11/h2-4,13H,1,5H2. The highest BCUT2D eigenvalue weighted by Gasteiger charge is 2.17. The Morgan fingerprint density at radius 1 is 1.56 bits per heavy atom. The molecular weight excluding hydrogens is 321 g/mol. The minimum absolute atomic E-state index is 0.0377. The molecule has 0 atom stereocenters. The second-order valence-corrected chi connectivity index (χ2v) is 6.18. The molecule has 0 saturated heterocycles. The van der Waals surface area contributed by atoms with Gasteiger partial charge in [0.05, 0.1) is 5.02 Å². The maximum Gasteiger partial charge on any atom is 0.242 e. The molecule has 16 heavy (non-hydrogen) atoms. The molecule has 0 aliphatic carbocycles. The first-order valence-electron chi connectivity index (χ1n) is 4.11. The van der Waals surface area contributed by atoms with Crippen molar-refractivity contribution < 1.29 is 12.8 Å². The molecule has 88 valence electrons. The Morgan fingerprint density at radius 3 is 2.69 bits per heavy atom. The van der Waals surface area contributed by atoms with E-state index in [0.717, 1.165) is 18.2 Å². The van der Waals surface area contributed by atoms with E-state index < -0.39 is 15.8 Å². The molecule has 0 amide bonds. The number of rotatable bonds is 4. The van der Waals surface area contributed by atoms with Gasteiger partial charge in [-0.15, -0.1) is 0 Å². The minimum Gasteiger partial charge on any atom is -0.207 e. The van der Waals surface area contributed by atoms with Crippen molar-refractivity contribution in [3.8, 4) is 0 Å². The predicted molar refractivity (Wildman–Crippen MR) is 64.7 cm³/mol. The van der Waals surface area contributed by atoms with E-state index in [0.29, 0.717) is 4.48 Å². The minimum atomic E-state index is -3.74. The van der Waals surface area contributed by atoms with Crippen molar-refractivity contribution in [3.63, 3.8) is 0 Å². The molecule has 0 radical (unpaired) electrons. The van der Waals surface area contributed by atoms with Gasteiger partial charge in [0.1, 0.15) is 10.7 Å². The molecule has 1 aromatic carbocycles. The lowest BCUT2D eigenvalue weighted by atomic mass is 10.3. The first-order chi connectivity index (χ1) is 7.33. The summed E-state index contributed by atoms with van der Waals surface area (Å²) < 4.78 is 38.8. The Bertz CT molecular complexity index is 518. The molecule has 0 aromatic heterocycles. The van der Waals surface area contributed by atoms with Crippen LogP contribution in [0.5, 0.6) is 0 Å². The van der Waals surface area contributed by atoms with Crippen LogP contribution >= 0.6 is 27.5 Å². The molecule has 1 aromatic rings. The Labute approximate surface area is 106 Å². The molecule has 0 unspecified atom stereocenters. The summed E-state index contributed by atoms with van der Waals surface area (Å²) in [7, 11) is -3.74. The summed E-state index contributed by atoms with van der Waals surface area (Å²) in [4.78, 5) is -0.163. The molecule has 0 bridgehead atoms. The molecule has 0 heterocycles. The highest BCUT2D eigenvalue weighted by molar-refractivity contribution is 9.11. The van der Waals surface area contributed by atoms with Gasteiger partial charge in [-0.3, -0.25) is 0 Å². The van der Waals surface area contributed by atoms with Gasteiger partial charge >= 0.3 is 0 Å². The van der Waals surface area contributed by atoms with Gasteiger partial charge in [0.2, 0.25) is 10.0 Å². The fourth-order valence-corrected chi connectivity index (χ4v) is 2.82. The summed E-state index contributed by atoms with van der Waals surface area (Å²) in [6.07, 6.45) is 0. The van der Waals surface area contributed by atoms with Gasteiger partial charge in [-0.2, -0.15) is 0 Å². The molecular formula is C9H8BrClFNO2S. The van der Waals surface area contributed by atoms with Crippen LogP contribution in [-0.4, -0.2) is 15.0 Å². The summed E-state index contributed by atoms with van der Waals surface area (Å²) in [6.45, 7) is 3.52. The van der Waals surface area contributed by atoms with Crippen LogP contribution in [0.2, 0.25) is 5.02 Å². The smallest absolute Gasteiger partial charge is 0.207 e. The van der Waals surface area contributed by atoms with Crippen LogP contribution in [0.15, 0.2) is 34.2 Å². The highest BCUT2D eigenvalue weighted by atomic mass is 79.9. The summed E-state index contributed by atoms with van der Waals surface area (Å²) in [5.41, 5.74) is 0. The van der Waals surface area contributed by atoms with E-state index >= 15 is 0 Å². The van der Waals surface area contributed by atoms with Gasteiger partial charge in [0, 0.05) is 11.0 Å². The van der Waals surface area contributed by atoms with E-state index in [4.69, 9.17) is 11.6 Å². The van der Waals surface area contributed by atoms with Crippen LogP contribution in [0.3, 0.4) is 0 Å². The average Bonchev–Trinajstić information content (AvgIpc) is 2.14. The molecule has 3 nitrogen and oxygen atoms in total. The Balaban J connectivity index is 3.03. The lowest BCUT2D eigenvalue weighted by Gasteiger charge is -2.07. The van der Waals surface area contributed by atoms with Crippen molar-refractivity contribution in [2.24, 2.45) is 0 Å². The molecule has 1 N–H and O–H groups in total. The van der Waals surface area contributed by atoms with Crippen LogP contribution < -0.4 is 4.72 Å². The molecule has 0 saturated carbocycles. The first-order valence-corrected chi connectivity index (χ1v) is 6.76. The van der Waals surface area contributed by atoms with Crippen molar-refractivity contribution >= 4 is 37.6 Å². The van der Waals surface area contributed by atoms with Crippen LogP contribution in [-0.2, 0) is 10.0 Å². The Morgan fingerprint density at radius 2 is 2.19 bits per heavy atom. The number of hydrogen-bond acceptors (Lipinski definition) is 2. The summed E-state index contributed by atoms with van der Waals surface area (Å²) in [5.74, 6) is -0.589. The van der Waals surface area contributed by atoms with Crippen molar-refractivity contribution in [2.45, 2.75) is 4.90 Å². The van der Waals surface area contributed by atoms with Crippen LogP contribution in [0.4, 0.5) is 4.39 Å². The third-order valence-electron chi connectivity index (χ3n) is 1.64. The number of sulfonamides is 1. The van der Waals surface area contributed by atoms with E-state index in [1.165, 1.54) is 0 Å². The summed E-state index contributed by atoms with van der Waals surface area (Å²) in [6, 6.07) is 3.08. The normalized spacial score (nSPS) is 11.4. The Kier molecular flexibility index (Phi) is 4.49. The van der Waals surface area contributed by atoms with E-state index in [9.17, 15) is 12.8 Å². The lowest BCUT2D eigenvalue weighted by Crippen LogP contribution is -2.25. The quantitative estimate of drug-likeness (QED) is 0.923. The first kappa shape index (κ1) is 13.6. The van der Waals surface area contributed by atoms with E-state index in [1.807, 2.05) is 0 Å². The van der Waals surface area contributed by atoms with Crippen LogP contribution in [0, 0.1) is 5.82 Å². The topological polar surface area (TPSA) is 46.2 Å². The van der Waals surface area contributed by atoms with Crippen molar-refractivity contribution in [1.29, 1.82) is 0 Å². The summed E-state index contributed by atoms with van der Waals surface area (Å²) in [5, 5.41) is -0.160. The molecule has 0 fully saturated rings. The zero-order valence-corrected chi connectivity index (χ0v) is 11.2. The molecule has 1 rings (SSSR count). The van der Waals surface area contributed by atoms with Crippen LogP contribution in [0.1, 0.15) is 0 Å². The zero-order valence-electron chi connectivity index (χ0n) is 8.00. The van der Waals surface area contributed by atoms with Gasteiger partial charge in [-0.1, -0.05) is 34.1 Å². The predicted octanol–water partition coefficient (Wildman–Crippen LogP) is 2.67. The molecule has 7 heteroatoms. The third kappa shape index (κ3) is 3.55. The Hall–Kier alpha value is -0.430. The van der Waals surface area contributed by atoms with E-state index in [2.05, 4.69) is 27.2 Å². The average molecular weight is 329 g/mol. The second kappa shape index (κ2) is 5.27. The molecule has 0 aliphatic rings. The SMILES string of the molecule is C=C(Br)CNS(=O)(=O)c1ccc(F)cc1Cl. The van der Waals surface area contributed by atoms with Crippen molar-refractivity contribution in [1.82, 2.24) is 4.72 Å². The van der Waals surface area contributed by atoms with Crippen molar-refractivity contribution in [2.75, 3.05) is 6.54 Å². The molecule has 0 aliphatic heterocycles. The maximum atomic E-state index is 12.7. The molecule has 0 spiro atoms. The number of nitrogens with one attached hydrogen (secondary N) is 1. The zero-order chi connectivity index (χ0) is 12.3. The largest absolute Gasteiger partial charge is 0.242 e. The lowest BCUT2D eigenvalue weighted by molar-refractivity contribution is 0.584. The van der Waals surface area contributed by atoms with Crippen molar-refractivity contribution in [3.05, 3.63) is 40.1 Å². The van der Waals surface area contributed by atoms with Gasteiger partial charge < -0.3 is 0 Å². The van der Waals surface area contributed by atoms with Gasteiger partial charge in [-0.25, -0.2) is 17.5 Å². The number of hydrogen-bond donors (Lipinski definition) is 1. The third-order valence-corrected chi connectivity index (χ3v) is 3.80. The maximum absolute atomic E-state index is 12.7. The van der Waals surface area contributed by atoms with E-state index in [-0.39, 0.29) is 16.5 Å². The fourth-order valence-electron chi connectivity index (χ4n) is 0.944.